The molecule has 0 aliphatic carbocycles. The largest absolute Gasteiger partial charge is 0.467 e. The molecule has 1 atom stereocenters. The Hall–Kier alpha value is -2.60. The van der Waals surface area contributed by atoms with Crippen molar-refractivity contribution in [3.8, 4) is 0 Å². The van der Waals surface area contributed by atoms with E-state index in [9.17, 15) is 9.59 Å². The molecule has 1 aliphatic heterocycles. The van der Waals surface area contributed by atoms with Crippen LogP contribution in [-0.4, -0.2) is 37.0 Å². The molecular weight excluding hydrogens is 308 g/mol. The van der Waals surface area contributed by atoms with E-state index in [4.69, 9.17) is 9.15 Å². The highest BCUT2D eigenvalue weighted by Gasteiger charge is 2.40. The van der Waals surface area contributed by atoms with Crippen molar-refractivity contribution in [1.82, 2.24) is 10.2 Å². The fourth-order valence-electron chi connectivity index (χ4n) is 2.91. The molecule has 2 amide bonds. The van der Waals surface area contributed by atoms with Crippen molar-refractivity contribution in [1.29, 1.82) is 0 Å². The molecule has 126 valence electrons. The first-order valence-electron chi connectivity index (χ1n) is 7.91. The summed E-state index contributed by atoms with van der Waals surface area (Å²) in [5.41, 5.74) is 1.30. The predicted molar refractivity (Wildman–Crippen MR) is 87.3 cm³/mol. The van der Waals surface area contributed by atoms with Gasteiger partial charge >= 0.3 is 0 Å². The summed E-state index contributed by atoms with van der Waals surface area (Å²) in [6.07, 6.45) is 2.28. The maximum absolute atomic E-state index is 12.7. The molecule has 0 saturated carbocycles. The number of ether oxygens (including phenoxy) is 1. The lowest BCUT2D eigenvalue weighted by atomic mass is 10.0. The molecule has 0 spiro atoms. The summed E-state index contributed by atoms with van der Waals surface area (Å²) in [6.45, 7) is 1.35. The lowest BCUT2D eigenvalue weighted by Crippen LogP contribution is -2.39. The number of benzene rings is 1. The first-order chi connectivity index (χ1) is 11.7. The number of carbonyl (C=O) groups excluding carboxylic acids is 2. The van der Waals surface area contributed by atoms with E-state index in [0.29, 0.717) is 24.5 Å². The van der Waals surface area contributed by atoms with E-state index in [2.05, 4.69) is 5.32 Å². The van der Waals surface area contributed by atoms with Gasteiger partial charge < -0.3 is 19.4 Å². The zero-order chi connectivity index (χ0) is 16.9. The van der Waals surface area contributed by atoms with E-state index in [-0.39, 0.29) is 18.4 Å². The molecule has 1 unspecified atom stereocenters. The predicted octanol–water partition coefficient (Wildman–Crippen LogP) is 2.13. The zero-order valence-electron chi connectivity index (χ0n) is 13.5. The highest BCUT2D eigenvalue weighted by molar-refractivity contribution is 6.04. The SMILES string of the molecule is COCCCNC(=O)C1c2ccccc2C(=O)N1Cc1ccco1. The van der Waals surface area contributed by atoms with Crippen LogP contribution < -0.4 is 5.32 Å². The standard InChI is InChI=1S/C18H20N2O4/c1-23-10-5-9-19-17(21)16-14-7-2-3-8-15(14)18(22)20(16)12-13-6-4-11-24-13/h2-4,6-8,11,16H,5,9-10,12H2,1H3,(H,19,21). The Balaban J connectivity index is 1.81. The second kappa shape index (κ2) is 7.31. The van der Waals surface area contributed by atoms with Gasteiger partial charge in [0.05, 0.1) is 12.8 Å². The van der Waals surface area contributed by atoms with E-state index >= 15 is 0 Å². The number of nitrogens with zero attached hydrogens (tertiary/aromatic N) is 1. The molecule has 1 N–H and O–H groups in total. The van der Waals surface area contributed by atoms with Gasteiger partial charge in [-0.25, -0.2) is 0 Å². The number of fused-ring (bicyclic) bond motifs is 1. The monoisotopic (exact) mass is 328 g/mol. The Morgan fingerprint density at radius 3 is 2.88 bits per heavy atom. The quantitative estimate of drug-likeness (QED) is 0.790. The van der Waals surface area contributed by atoms with Crippen LogP contribution in [0.5, 0.6) is 0 Å². The fraction of sp³-hybridized carbons (Fsp3) is 0.333. The van der Waals surface area contributed by atoms with E-state index in [0.717, 1.165) is 12.0 Å². The highest BCUT2D eigenvalue weighted by atomic mass is 16.5. The molecule has 6 heteroatoms. The van der Waals surface area contributed by atoms with Gasteiger partial charge in [-0.1, -0.05) is 18.2 Å². The van der Waals surface area contributed by atoms with Crippen molar-refractivity contribution in [2.24, 2.45) is 0 Å². The number of rotatable bonds is 7. The number of nitrogens with one attached hydrogen (secondary N) is 1. The Kier molecular flexibility index (Phi) is 4.96. The zero-order valence-corrected chi connectivity index (χ0v) is 13.5. The molecular formula is C18H20N2O4. The molecule has 0 fully saturated rings. The van der Waals surface area contributed by atoms with Gasteiger partial charge in [-0.3, -0.25) is 9.59 Å². The summed E-state index contributed by atoms with van der Waals surface area (Å²) in [6, 6.07) is 10.2. The molecule has 0 bridgehead atoms. The average Bonchev–Trinajstić information content (AvgIpc) is 3.20. The van der Waals surface area contributed by atoms with Gasteiger partial charge in [-0.15, -0.1) is 0 Å². The first kappa shape index (κ1) is 16.3. The molecule has 2 aromatic rings. The molecule has 3 rings (SSSR count). The van der Waals surface area contributed by atoms with Crippen LogP contribution in [0.25, 0.3) is 0 Å². The van der Waals surface area contributed by atoms with Crippen LogP contribution in [0.4, 0.5) is 0 Å². The Morgan fingerprint density at radius 2 is 2.12 bits per heavy atom. The van der Waals surface area contributed by atoms with Crippen LogP contribution in [0.15, 0.2) is 47.1 Å². The van der Waals surface area contributed by atoms with Gasteiger partial charge in [0, 0.05) is 25.8 Å². The summed E-state index contributed by atoms with van der Waals surface area (Å²) >= 11 is 0. The Morgan fingerprint density at radius 1 is 1.29 bits per heavy atom. The fourth-order valence-corrected chi connectivity index (χ4v) is 2.91. The van der Waals surface area contributed by atoms with Gasteiger partial charge in [0.2, 0.25) is 5.91 Å². The summed E-state index contributed by atoms with van der Waals surface area (Å²) in [5, 5.41) is 2.89. The van der Waals surface area contributed by atoms with Crippen LogP contribution >= 0.6 is 0 Å². The van der Waals surface area contributed by atoms with Crippen LogP contribution in [-0.2, 0) is 16.1 Å². The van der Waals surface area contributed by atoms with E-state index < -0.39 is 6.04 Å². The van der Waals surface area contributed by atoms with Gasteiger partial charge in [-0.2, -0.15) is 0 Å². The second-order valence-corrected chi connectivity index (χ2v) is 5.64. The lowest BCUT2D eigenvalue weighted by Gasteiger charge is -2.23. The number of carbonyl (C=O) groups is 2. The van der Waals surface area contributed by atoms with Crippen LogP contribution in [0.2, 0.25) is 0 Å². The maximum atomic E-state index is 12.7. The van der Waals surface area contributed by atoms with Crippen molar-refractivity contribution >= 4 is 11.8 Å². The van der Waals surface area contributed by atoms with Gasteiger partial charge in [0.15, 0.2) is 0 Å². The number of methoxy groups -OCH3 is 1. The van der Waals surface area contributed by atoms with Gasteiger partial charge in [0.25, 0.3) is 5.91 Å². The summed E-state index contributed by atoms with van der Waals surface area (Å²) in [5.74, 6) is 0.309. The third-order valence-electron chi connectivity index (χ3n) is 4.04. The molecule has 1 aromatic heterocycles. The Bertz CT molecular complexity index is 712. The summed E-state index contributed by atoms with van der Waals surface area (Å²) in [4.78, 5) is 26.9. The minimum absolute atomic E-state index is 0.154. The number of hydrogen-bond donors (Lipinski definition) is 1. The number of furan rings is 1. The first-order valence-corrected chi connectivity index (χ1v) is 7.91. The van der Waals surface area contributed by atoms with Crippen molar-refractivity contribution in [2.45, 2.75) is 19.0 Å². The van der Waals surface area contributed by atoms with Crippen molar-refractivity contribution in [2.75, 3.05) is 20.3 Å². The second-order valence-electron chi connectivity index (χ2n) is 5.64. The molecule has 1 aliphatic rings. The molecule has 0 saturated heterocycles. The van der Waals surface area contributed by atoms with Crippen molar-refractivity contribution in [3.05, 3.63) is 59.5 Å². The maximum Gasteiger partial charge on any atom is 0.255 e. The van der Waals surface area contributed by atoms with E-state index in [1.807, 2.05) is 12.1 Å². The smallest absolute Gasteiger partial charge is 0.255 e. The highest BCUT2D eigenvalue weighted by Crippen LogP contribution is 2.34. The molecule has 24 heavy (non-hydrogen) atoms. The summed E-state index contributed by atoms with van der Waals surface area (Å²) < 4.78 is 10.3. The number of hydrogen-bond acceptors (Lipinski definition) is 4. The third kappa shape index (κ3) is 3.19. The van der Waals surface area contributed by atoms with Crippen molar-refractivity contribution < 1.29 is 18.7 Å². The van der Waals surface area contributed by atoms with Gasteiger partial charge in [0.1, 0.15) is 11.8 Å². The van der Waals surface area contributed by atoms with E-state index in [1.165, 1.54) is 0 Å². The van der Waals surface area contributed by atoms with Gasteiger partial charge in [-0.05, 0) is 30.2 Å². The number of amides is 2. The lowest BCUT2D eigenvalue weighted by molar-refractivity contribution is -0.125. The Labute approximate surface area is 140 Å². The summed E-state index contributed by atoms with van der Waals surface area (Å²) in [7, 11) is 1.62. The minimum Gasteiger partial charge on any atom is -0.467 e. The average molecular weight is 328 g/mol. The van der Waals surface area contributed by atoms with Crippen LogP contribution in [0, 0.1) is 0 Å². The molecule has 2 heterocycles. The molecule has 1 aromatic carbocycles. The van der Waals surface area contributed by atoms with Crippen molar-refractivity contribution in [3.63, 3.8) is 0 Å². The third-order valence-corrected chi connectivity index (χ3v) is 4.04. The minimum atomic E-state index is -0.638. The molecule has 6 nitrogen and oxygen atoms in total. The molecule has 0 radical (unpaired) electrons. The normalized spacial score (nSPS) is 16.3. The van der Waals surface area contributed by atoms with Crippen LogP contribution in [0.3, 0.4) is 0 Å². The van der Waals surface area contributed by atoms with E-state index in [1.54, 1.807) is 42.5 Å². The van der Waals surface area contributed by atoms with Crippen LogP contribution in [0.1, 0.15) is 34.1 Å². The topological polar surface area (TPSA) is 71.8 Å².